The van der Waals surface area contributed by atoms with Gasteiger partial charge in [0.25, 0.3) is 10.0 Å². The number of sulfonamides is 1. The Kier molecular flexibility index (Phi) is 3.91. The van der Waals surface area contributed by atoms with Gasteiger partial charge in [0.15, 0.2) is 5.13 Å². The number of methoxy groups -OCH3 is 1. The Balaban J connectivity index is 2.43. The number of hydrogen-bond donors (Lipinski definition) is 2. The Morgan fingerprint density at radius 3 is 2.75 bits per heavy atom. The number of nitrogens with zero attached hydrogens (tertiary/aromatic N) is 1. The van der Waals surface area contributed by atoms with Crippen molar-refractivity contribution in [3.63, 3.8) is 0 Å². The lowest BCUT2D eigenvalue weighted by molar-refractivity contribution is 0.0696. The van der Waals surface area contributed by atoms with Crippen molar-refractivity contribution in [3.05, 3.63) is 35.3 Å². The summed E-state index contributed by atoms with van der Waals surface area (Å²) in [7, 11) is -2.62. The van der Waals surface area contributed by atoms with Gasteiger partial charge in [0.05, 0.1) is 12.7 Å². The minimum Gasteiger partial charge on any atom is -0.495 e. The fourth-order valence-electron chi connectivity index (χ4n) is 1.47. The lowest BCUT2D eigenvalue weighted by Gasteiger charge is -2.10. The van der Waals surface area contributed by atoms with Crippen LogP contribution in [0.2, 0.25) is 0 Å². The van der Waals surface area contributed by atoms with Crippen LogP contribution in [0.4, 0.5) is 5.13 Å². The van der Waals surface area contributed by atoms with Crippen LogP contribution >= 0.6 is 11.3 Å². The lowest BCUT2D eigenvalue weighted by Crippen LogP contribution is -2.14. The van der Waals surface area contributed by atoms with Crippen LogP contribution in [-0.4, -0.2) is 31.6 Å². The zero-order valence-corrected chi connectivity index (χ0v) is 11.9. The molecule has 20 heavy (non-hydrogen) atoms. The van der Waals surface area contributed by atoms with Crippen molar-refractivity contribution in [3.8, 4) is 5.75 Å². The second kappa shape index (κ2) is 5.47. The number of carboxylic acid groups (broad SMARTS) is 1. The molecule has 1 heterocycles. The largest absolute Gasteiger partial charge is 0.495 e. The van der Waals surface area contributed by atoms with E-state index in [2.05, 4.69) is 9.71 Å². The standard InChI is InChI=1S/C11H10N2O5S2/c1-18-8-6-7(10(14)15)2-3-9(8)20(16,17)13-11-12-4-5-19-11/h2-6H,1H3,(H,12,13)(H,14,15). The molecule has 2 rings (SSSR count). The maximum absolute atomic E-state index is 12.2. The Labute approximate surface area is 118 Å². The molecule has 106 valence electrons. The maximum Gasteiger partial charge on any atom is 0.335 e. The van der Waals surface area contributed by atoms with Crippen molar-refractivity contribution < 1.29 is 23.1 Å². The molecule has 0 aliphatic rings. The summed E-state index contributed by atoms with van der Waals surface area (Å²) < 4.78 is 31.6. The van der Waals surface area contributed by atoms with Gasteiger partial charge >= 0.3 is 5.97 Å². The number of hydrogen-bond acceptors (Lipinski definition) is 6. The minimum atomic E-state index is -3.89. The van der Waals surface area contributed by atoms with Crippen molar-refractivity contribution in [1.29, 1.82) is 0 Å². The van der Waals surface area contributed by atoms with Crippen LogP contribution in [0, 0.1) is 0 Å². The highest BCUT2D eigenvalue weighted by Gasteiger charge is 2.21. The second-order valence-corrected chi connectivity index (χ2v) is 6.16. The molecule has 0 fully saturated rings. The first-order valence-electron chi connectivity index (χ1n) is 5.27. The molecule has 0 amide bonds. The van der Waals surface area contributed by atoms with Gasteiger partial charge in [0.2, 0.25) is 0 Å². The normalized spacial score (nSPS) is 11.1. The average molecular weight is 314 g/mol. The number of ether oxygens (including phenoxy) is 1. The van der Waals surface area contributed by atoms with E-state index in [-0.39, 0.29) is 21.3 Å². The number of aromatic nitrogens is 1. The Bertz CT molecular complexity index is 725. The number of nitrogens with one attached hydrogen (secondary N) is 1. The SMILES string of the molecule is COc1cc(C(=O)O)ccc1S(=O)(=O)Nc1nccs1. The molecule has 2 aromatic rings. The Hall–Kier alpha value is -2.13. The van der Waals surface area contributed by atoms with E-state index in [9.17, 15) is 13.2 Å². The maximum atomic E-state index is 12.2. The van der Waals surface area contributed by atoms with Crippen LogP contribution in [0.5, 0.6) is 5.75 Å². The summed E-state index contributed by atoms with van der Waals surface area (Å²) in [5, 5.41) is 10.7. The zero-order chi connectivity index (χ0) is 14.8. The molecule has 0 saturated heterocycles. The molecule has 2 N–H and O–H groups in total. The van der Waals surface area contributed by atoms with Crippen LogP contribution in [0.15, 0.2) is 34.7 Å². The summed E-state index contributed by atoms with van der Waals surface area (Å²) >= 11 is 1.13. The number of carbonyl (C=O) groups is 1. The van der Waals surface area contributed by atoms with E-state index in [1.807, 2.05) is 0 Å². The van der Waals surface area contributed by atoms with Gasteiger partial charge in [-0.15, -0.1) is 11.3 Å². The molecule has 0 saturated carbocycles. The van der Waals surface area contributed by atoms with Crippen LogP contribution in [-0.2, 0) is 10.0 Å². The number of carboxylic acids is 1. The van der Waals surface area contributed by atoms with Crippen LogP contribution in [0.1, 0.15) is 10.4 Å². The van der Waals surface area contributed by atoms with Crippen molar-refractivity contribution in [1.82, 2.24) is 4.98 Å². The van der Waals surface area contributed by atoms with Gasteiger partial charge in [-0.1, -0.05) is 0 Å². The van der Waals surface area contributed by atoms with E-state index in [1.54, 1.807) is 5.38 Å². The first kappa shape index (κ1) is 14.3. The molecule has 0 bridgehead atoms. The highest BCUT2D eigenvalue weighted by atomic mass is 32.2. The molecule has 7 nitrogen and oxygen atoms in total. The summed E-state index contributed by atoms with van der Waals surface area (Å²) in [6.45, 7) is 0. The quantitative estimate of drug-likeness (QED) is 0.869. The van der Waals surface area contributed by atoms with Crippen LogP contribution in [0.3, 0.4) is 0 Å². The second-order valence-electron chi connectivity index (χ2n) is 3.61. The predicted octanol–water partition coefficient (Wildman–Crippen LogP) is 1.65. The monoisotopic (exact) mass is 314 g/mol. The minimum absolute atomic E-state index is 0.0473. The summed E-state index contributed by atoms with van der Waals surface area (Å²) in [6, 6.07) is 3.53. The van der Waals surface area contributed by atoms with Gasteiger partial charge in [0.1, 0.15) is 10.6 Å². The molecule has 0 atom stereocenters. The van der Waals surface area contributed by atoms with Gasteiger partial charge in [0, 0.05) is 11.6 Å². The summed E-state index contributed by atoms with van der Waals surface area (Å²) in [5.74, 6) is -1.21. The number of benzene rings is 1. The van der Waals surface area contributed by atoms with Gasteiger partial charge < -0.3 is 9.84 Å². The first-order valence-corrected chi connectivity index (χ1v) is 7.64. The van der Waals surface area contributed by atoms with E-state index >= 15 is 0 Å². The zero-order valence-electron chi connectivity index (χ0n) is 10.2. The van der Waals surface area contributed by atoms with Crippen molar-refractivity contribution in [2.75, 3.05) is 11.8 Å². The van der Waals surface area contributed by atoms with E-state index < -0.39 is 16.0 Å². The highest BCUT2D eigenvalue weighted by Crippen LogP contribution is 2.27. The number of thiazole rings is 1. The molecule has 1 aromatic carbocycles. The van der Waals surface area contributed by atoms with E-state index in [0.29, 0.717) is 0 Å². The topological polar surface area (TPSA) is 106 Å². The van der Waals surface area contributed by atoms with Gasteiger partial charge in [-0.2, -0.15) is 0 Å². The number of aromatic carboxylic acids is 1. The van der Waals surface area contributed by atoms with Gasteiger partial charge in [-0.25, -0.2) is 18.2 Å². The average Bonchev–Trinajstić information content (AvgIpc) is 2.89. The van der Waals surface area contributed by atoms with Gasteiger partial charge in [-0.05, 0) is 18.2 Å². The summed E-state index contributed by atoms with van der Waals surface area (Å²) in [5.41, 5.74) is -0.0601. The molecule has 0 spiro atoms. The van der Waals surface area contributed by atoms with E-state index in [1.165, 1.54) is 25.4 Å². The predicted molar refractivity (Wildman–Crippen MR) is 72.9 cm³/mol. The third-order valence-corrected chi connectivity index (χ3v) is 4.55. The number of anilines is 1. The molecular formula is C11H10N2O5S2. The molecule has 0 radical (unpaired) electrons. The molecule has 0 aliphatic carbocycles. The summed E-state index contributed by atoms with van der Waals surface area (Å²) in [4.78, 5) is 14.5. The van der Waals surface area contributed by atoms with Crippen molar-refractivity contribution >= 4 is 32.5 Å². The van der Waals surface area contributed by atoms with Gasteiger partial charge in [-0.3, -0.25) is 4.72 Å². The van der Waals surface area contributed by atoms with E-state index in [4.69, 9.17) is 9.84 Å². The highest BCUT2D eigenvalue weighted by molar-refractivity contribution is 7.93. The molecule has 0 aliphatic heterocycles. The smallest absolute Gasteiger partial charge is 0.335 e. The van der Waals surface area contributed by atoms with Crippen LogP contribution in [0.25, 0.3) is 0 Å². The third kappa shape index (κ3) is 2.89. The fourth-order valence-corrected chi connectivity index (χ4v) is 3.41. The van der Waals surface area contributed by atoms with Crippen molar-refractivity contribution in [2.24, 2.45) is 0 Å². The Morgan fingerprint density at radius 2 is 2.20 bits per heavy atom. The first-order chi connectivity index (χ1) is 9.44. The van der Waals surface area contributed by atoms with Crippen molar-refractivity contribution in [2.45, 2.75) is 4.90 Å². The molecular weight excluding hydrogens is 304 g/mol. The number of rotatable bonds is 5. The Morgan fingerprint density at radius 1 is 1.45 bits per heavy atom. The lowest BCUT2D eigenvalue weighted by atomic mass is 10.2. The molecule has 0 unspecified atom stereocenters. The molecule has 1 aromatic heterocycles. The molecule has 9 heteroatoms. The fraction of sp³-hybridized carbons (Fsp3) is 0.0909. The summed E-state index contributed by atoms with van der Waals surface area (Å²) in [6.07, 6.45) is 1.47. The van der Waals surface area contributed by atoms with E-state index in [0.717, 1.165) is 17.4 Å². The van der Waals surface area contributed by atoms with Crippen LogP contribution < -0.4 is 9.46 Å². The third-order valence-electron chi connectivity index (χ3n) is 2.35.